The van der Waals surface area contributed by atoms with Gasteiger partial charge in [-0.05, 0) is 70.9 Å². The Labute approximate surface area is 194 Å². The summed E-state index contributed by atoms with van der Waals surface area (Å²) < 4.78 is 5.78. The van der Waals surface area contributed by atoms with Gasteiger partial charge < -0.3 is 15.0 Å². The molecule has 0 bridgehead atoms. The van der Waals surface area contributed by atoms with Crippen LogP contribution in [0.2, 0.25) is 5.02 Å². The third kappa shape index (κ3) is 4.89. The summed E-state index contributed by atoms with van der Waals surface area (Å²) in [5.74, 6) is 0.563. The zero-order chi connectivity index (χ0) is 23.7. The van der Waals surface area contributed by atoms with Crippen LogP contribution in [0.4, 0.5) is 0 Å². The highest BCUT2D eigenvalue weighted by atomic mass is 35.5. The first-order chi connectivity index (χ1) is 14.9. The molecule has 1 aliphatic heterocycles. The number of ether oxygens (including phenoxy) is 1. The summed E-state index contributed by atoms with van der Waals surface area (Å²) in [4.78, 5) is 27.1. The van der Waals surface area contributed by atoms with Gasteiger partial charge in [0.05, 0.1) is 10.6 Å². The average molecular weight is 454 g/mol. The van der Waals surface area contributed by atoms with Crippen molar-refractivity contribution in [3.05, 3.63) is 58.6 Å². The van der Waals surface area contributed by atoms with E-state index < -0.39 is 0 Å². The van der Waals surface area contributed by atoms with Crippen LogP contribution in [-0.2, 0) is 4.79 Å². The van der Waals surface area contributed by atoms with Crippen LogP contribution < -0.4 is 10.1 Å². The molecule has 6 nitrogen and oxygen atoms in total. The van der Waals surface area contributed by atoms with Crippen molar-refractivity contribution in [1.82, 2.24) is 10.2 Å². The van der Waals surface area contributed by atoms with Gasteiger partial charge in [0.2, 0.25) is 5.91 Å². The Morgan fingerprint density at radius 1 is 1.09 bits per heavy atom. The van der Waals surface area contributed by atoms with Gasteiger partial charge in [0, 0.05) is 29.6 Å². The van der Waals surface area contributed by atoms with Crippen molar-refractivity contribution in [2.24, 2.45) is 0 Å². The fourth-order valence-electron chi connectivity index (χ4n) is 4.99. The number of carbonyl (C=O) groups is 2. The van der Waals surface area contributed by atoms with Crippen LogP contribution in [-0.4, -0.2) is 33.8 Å². The first kappa shape index (κ1) is 23.6. The Morgan fingerprint density at radius 2 is 1.72 bits per heavy atom. The van der Waals surface area contributed by atoms with E-state index in [4.69, 9.17) is 16.3 Å². The van der Waals surface area contributed by atoms with E-state index >= 15 is 0 Å². The molecule has 1 saturated heterocycles. The van der Waals surface area contributed by atoms with Gasteiger partial charge in [-0.2, -0.15) is 5.26 Å². The van der Waals surface area contributed by atoms with Gasteiger partial charge in [0.1, 0.15) is 17.6 Å². The van der Waals surface area contributed by atoms with Gasteiger partial charge >= 0.3 is 0 Å². The largest absolute Gasteiger partial charge is 0.454 e. The Kier molecular flexibility index (Phi) is 6.52. The maximum Gasteiger partial charge on any atom is 0.251 e. The molecule has 0 aromatic heterocycles. The number of carbonyl (C=O) groups excluding carboxylic acids is 2. The quantitative estimate of drug-likeness (QED) is 0.680. The number of benzene rings is 2. The number of likely N-dealkylation sites (tertiary alicyclic amines) is 1. The van der Waals surface area contributed by atoms with Gasteiger partial charge in [-0.3, -0.25) is 9.59 Å². The van der Waals surface area contributed by atoms with E-state index in [0.29, 0.717) is 35.5 Å². The first-order valence-electron chi connectivity index (χ1n) is 10.5. The highest BCUT2D eigenvalue weighted by molar-refractivity contribution is 6.32. The molecule has 1 fully saturated rings. The molecule has 168 valence electrons. The minimum Gasteiger partial charge on any atom is -0.454 e. The molecular formula is C25H28ClN3O3. The molecule has 1 aliphatic rings. The number of halogens is 1. The van der Waals surface area contributed by atoms with Crippen LogP contribution in [0.1, 0.15) is 63.4 Å². The molecule has 32 heavy (non-hydrogen) atoms. The fourth-order valence-corrected chi connectivity index (χ4v) is 5.21. The zero-order valence-corrected chi connectivity index (χ0v) is 19.8. The molecule has 0 atom stereocenters. The third-order valence-electron chi connectivity index (χ3n) is 5.77. The molecule has 2 aromatic rings. The van der Waals surface area contributed by atoms with Crippen LogP contribution in [0.3, 0.4) is 0 Å². The number of amides is 2. The lowest BCUT2D eigenvalue weighted by Gasteiger charge is -2.55. The van der Waals surface area contributed by atoms with Crippen LogP contribution in [0.15, 0.2) is 42.5 Å². The lowest BCUT2D eigenvalue weighted by atomic mass is 9.76. The molecular weight excluding hydrogens is 426 g/mol. The van der Waals surface area contributed by atoms with E-state index in [-0.39, 0.29) is 34.0 Å². The fraction of sp³-hybridized carbons (Fsp3) is 0.400. The van der Waals surface area contributed by atoms with Crippen LogP contribution in [0.5, 0.6) is 11.5 Å². The minimum atomic E-state index is -0.380. The number of hydrogen-bond donors (Lipinski definition) is 1. The lowest BCUT2D eigenvalue weighted by molar-refractivity contribution is -0.147. The second-order valence-corrected chi connectivity index (χ2v) is 9.82. The average Bonchev–Trinajstić information content (AvgIpc) is 2.67. The summed E-state index contributed by atoms with van der Waals surface area (Å²) in [6.45, 7) is 9.68. The number of rotatable bonds is 4. The van der Waals surface area contributed by atoms with E-state index in [2.05, 4.69) is 11.4 Å². The molecule has 2 aromatic carbocycles. The standard InChI is InChI=1S/C25H28ClN3O3/c1-16(30)29-24(2,3)13-19(14-25(29,4)5)28-23(31)17-10-11-22(20(26)12-17)32-21-9-7-6-8-18(21)15-27/h6-12,19H,13-14H2,1-5H3,(H,28,31). The van der Waals surface area contributed by atoms with Gasteiger partial charge in [-0.1, -0.05) is 23.7 Å². The maximum absolute atomic E-state index is 12.9. The molecule has 0 unspecified atom stereocenters. The highest BCUT2D eigenvalue weighted by Crippen LogP contribution is 2.38. The number of nitriles is 1. The number of nitrogens with zero attached hydrogens (tertiary/aromatic N) is 2. The third-order valence-corrected chi connectivity index (χ3v) is 6.07. The predicted molar refractivity (Wildman–Crippen MR) is 124 cm³/mol. The summed E-state index contributed by atoms with van der Waals surface area (Å²) in [5, 5.41) is 12.6. The van der Waals surface area contributed by atoms with Crippen molar-refractivity contribution in [3.63, 3.8) is 0 Å². The normalized spacial score (nSPS) is 17.3. The second-order valence-electron chi connectivity index (χ2n) is 9.41. The van der Waals surface area contributed by atoms with Gasteiger partial charge in [-0.25, -0.2) is 0 Å². The minimum absolute atomic E-state index is 0.0325. The van der Waals surface area contributed by atoms with Crippen molar-refractivity contribution in [2.75, 3.05) is 0 Å². The Hall–Kier alpha value is -3.04. The Balaban J connectivity index is 1.74. The molecule has 7 heteroatoms. The van der Waals surface area contributed by atoms with Crippen molar-refractivity contribution in [2.45, 2.75) is 64.6 Å². The van der Waals surface area contributed by atoms with Crippen LogP contribution in [0.25, 0.3) is 0 Å². The zero-order valence-electron chi connectivity index (χ0n) is 19.0. The number of hydrogen-bond acceptors (Lipinski definition) is 4. The van der Waals surface area contributed by atoms with E-state index in [1.54, 1.807) is 49.4 Å². The molecule has 1 heterocycles. The summed E-state index contributed by atoms with van der Waals surface area (Å²) in [5.41, 5.74) is 0.0531. The maximum atomic E-state index is 12.9. The van der Waals surface area contributed by atoms with Crippen molar-refractivity contribution in [3.8, 4) is 17.6 Å². The molecule has 0 aliphatic carbocycles. The number of nitrogens with one attached hydrogen (secondary N) is 1. The van der Waals surface area contributed by atoms with Crippen molar-refractivity contribution in [1.29, 1.82) is 5.26 Å². The summed E-state index contributed by atoms with van der Waals surface area (Å²) in [6.07, 6.45) is 1.31. The van der Waals surface area contributed by atoms with E-state index in [1.165, 1.54) is 0 Å². The second kappa shape index (κ2) is 8.84. The molecule has 2 amide bonds. The first-order valence-corrected chi connectivity index (χ1v) is 10.9. The molecule has 3 rings (SSSR count). The highest BCUT2D eigenvalue weighted by Gasteiger charge is 2.46. The summed E-state index contributed by atoms with van der Waals surface area (Å²) in [6, 6.07) is 13.7. The van der Waals surface area contributed by atoms with E-state index in [1.807, 2.05) is 32.6 Å². The lowest BCUT2D eigenvalue weighted by Crippen LogP contribution is -2.65. The van der Waals surface area contributed by atoms with E-state index in [0.717, 1.165) is 0 Å². The topological polar surface area (TPSA) is 82.4 Å². The Morgan fingerprint density at radius 3 is 2.28 bits per heavy atom. The monoisotopic (exact) mass is 453 g/mol. The predicted octanol–water partition coefficient (Wildman–Crippen LogP) is 5.30. The molecule has 0 radical (unpaired) electrons. The van der Waals surface area contributed by atoms with Gasteiger partial charge in [0.25, 0.3) is 5.91 Å². The Bertz CT molecular complexity index is 1070. The van der Waals surface area contributed by atoms with E-state index in [9.17, 15) is 14.9 Å². The smallest absolute Gasteiger partial charge is 0.251 e. The number of para-hydroxylation sites is 1. The van der Waals surface area contributed by atoms with Crippen LogP contribution >= 0.6 is 11.6 Å². The summed E-state index contributed by atoms with van der Waals surface area (Å²) >= 11 is 6.37. The van der Waals surface area contributed by atoms with Gasteiger partial charge in [-0.15, -0.1) is 0 Å². The van der Waals surface area contributed by atoms with Crippen molar-refractivity contribution < 1.29 is 14.3 Å². The van der Waals surface area contributed by atoms with Crippen molar-refractivity contribution >= 4 is 23.4 Å². The summed E-state index contributed by atoms with van der Waals surface area (Å²) in [7, 11) is 0. The molecule has 1 N–H and O–H groups in total. The number of piperidine rings is 1. The molecule has 0 saturated carbocycles. The van der Waals surface area contributed by atoms with Gasteiger partial charge in [0.15, 0.2) is 0 Å². The van der Waals surface area contributed by atoms with Crippen LogP contribution in [0, 0.1) is 11.3 Å². The SMILES string of the molecule is CC(=O)N1C(C)(C)CC(NC(=O)c2ccc(Oc3ccccc3C#N)c(Cl)c2)CC1(C)C. The molecule has 0 spiro atoms.